The van der Waals surface area contributed by atoms with Gasteiger partial charge in [-0.05, 0) is 135 Å². The van der Waals surface area contributed by atoms with E-state index in [-0.39, 0.29) is 0 Å². The predicted octanol–water partition coefficient (Wildman–Crippen LogP) is 9.33. The molecule has 0 spiro atoms. The Morgan fingerprint density at radius 3 is 2.31 bits per heavy atom. The highest BCUT2D eigenvalue weighted by Crippen LogP contribution is 2.44. The van der Waals surface area contributed by atoms with E-state index in [1.54, 1.807) is 27.5 Å². The van der Waals surface area contributed by atoms with E-state index >= 15 is 0 Å². The van der Waals surface area contributed by atoms with Crippen molar-refractivity contribution >= 4 is 28.5 Å². The summed E-state index contributed by atoms with van der Waals surface area (Å²) in [6.45, 7) is 0.851. The van der Waals surface area contributed by atoms with Gasteiger partial charge in [-0.25, -0.2) is 0 Å². The van der Waals surface area contributed by atoms with Crippen LogP contribution in [0.25, 0.3) is 22.8 Å². The van der Waals surface area contributed by atoms with E-state index in [4.69, 9.17) is 4.99 Å². The van der Waals surface area contributed by atoms with E-state index in [0.29, 0.717) is 29.6 Å². The van der Waals surface area contributed by atoms with E-state index < -0.39 is 0 Å². The Labute approximate surface area is 309 Å². The second kappa shape index (κ2) is 13.8. The van der Waals surface area contributed by atoms with Crippen LogP contribution in [0.2, 0.25) is 0 Å². The molecule has 2 aromatic rings. The summed E-state index contributed by atoms with van der Waals surface area (Å²) in [5.41, 5.74) is 13.6. The van der Waals surface area contributed by atoms with Crippen LogP contribution in [0.4, 0.5) is 0 Å². The number of dihydropyridines is 1. The fourth-order valence-corrected chi connectivity index (χ4v) is 11.0. The molecule has 0 amide bonds. The summed E-state index contributed by atoms with van der Waals surface area (Å²) in [6, 6.07) is 16.7. The topological polar surface area (TPSA) is 12.4 Å². The minimum Gasteiger partial charge on any atom is -0.288 e. The van der Waals surface area contributed by atoms with Crippen LogP contribution >= 0.6 is 0 Å². The zero-order chi connectivity index (χ0) is 34.4. The van der Waals surface area contributed by atoms with Gasteiger partial charge in [0, 0.05) is 35.9 Å². The molecule has 1 saturated carbocycles. The Kier molecular flexibility index (Phi) is 8.55. The standard InChI is InChI=1S/C51H51N/c1-2-14-34(15-3-1)39-25-12-27-42-41(39)26-13-29-44(42)51-47-23-8-6-21-45(47)50(46-22-7-9-24-48(46)51)37-19-10-18-36(32-37)38-30-31-49(52-33-38)43-28-11-17-35-16-4-5-20-40(35)43/h5-9,11-12,17-18,20-27,30-32,34,38,43,45,47H,1-4,10,13-16,19,28-29,33H2. The molecule has 8 aliphatic rings. The van der Waals surface area contributed by atoms with Crippen LogP contribution in [0, 0.1) is 23.7 Å². The number of aliphatic imine (C=N–C) groups is 1. The first-order valence-electron chi connectivity index (χ1n) is 20.5. The lowest BCUT2D eigenvalue weighted by Gasteiger charge is -2.36. The van der Waals surface area contributed by atoms with Gasteiger partial charge < -0.3 is 0 Å². The highest BCUT2D eigenvalue weighted by molar-refractivity contribution is 6.00. The van der Waals surface area contributed by atoms with Gasteiger partial charge in [-0.1, -0.05) is 135 Å². The highest BCUT2D eigenvalue weighted by Gasteiger charge is 2.35. The first-order valence-corrected chi connectivity index (χ1v) is 20.5. The Morgan fingerprint density at radius 2 is 1.46 bits per heavy atom. The van der Waals surface area contributed by atoms with Crippen molar-refractivity contribution < 1.29 is 0 Å². The summed E-state index contributed by atoms with van der Waals surface area (Å²) < 4.78 is 0. The number of fused-ring (bicyclic) bond motifs is 3. The summed E-state index contributed by atoms with van der Waals surface area (Å²) in [5, 5.41) is 5.96. The third kappa shape index (κ3) is 5.63. The monoisotopic (exact) mass is 677 g/mol. The molecule has 1 heteroatoms. The van der Waals surface area contributed by atoms with Gasteiger partial charge in [0.1, 0.15) is 0 Å². The lowest BCUT2D eigenvalue weighted by molar-refractivity contribution is 0.442. The first kappa shape index (κ1) is 32.2. The van der Waals surface area contributed by atoms with Crippen LogP contribution in [0.5, 0.6) is 0 Å². The fraction of sp³-hybridized carbons (Fsp3) is 0.353. The number of nitrogens with zero attached hydrogens (tertiary/aromatic N) is 1. The van der Waals surface area contributed by atoms with E-state index in [1.165, 1.54) is 82.2 Å². The predicted molar refractivity (Wildman–Crippen MR) is 219 cm³/mol. The molecule has 10 rings (SSSR count). The molecular formula is C51H51N. The van der Waals surface area contributed by atoms with Crippen molar-refractivity contribution in [2.24, 2.45) is 28.7 Å². The summed E-state index contributed by atoms with van der Waals surface area (Å²) in [5.74, 6) is 2.17. The van der Waals surface area contributed by atoms with Crippen molar-refractivity contribution in [3.05, 3.63) is 164 Å². The maximum Gasteiger partial charge on any atom is 0.0496 e. The minimum absolute atomic E-state index is 0.344. The van der Waals surface area contributed by atoms with Crippen LogP contribution in [0.15, 0.2) is 143 Å². The van der Waals surface area contributed by atoms with Crippen LogP contribution < -0.4 is 20.9 Å². The normalized spacial score (nSPS) is 28.0. The van der Waals surface area contributed by atoms with Crippen molar-refractivity contribution in [2.45, 2.75) is 83.0 Å². The average Bonchev–Trinajstić information content (AvgIpc) is 3.22. The van der Waals surface area contributed by atoms with E-state index in [9.17, 15) is 0 Å². The Balaban J connectivity index is 1.05. The van der Waals surface area contributed by atoms with E-state index in [2.05, 4.69) is 121 Å². The summed E-state index contributed by atoms with van der Waals surface area (Å²) >= 11 is 0. The molecule has 1 aliphatic heterocycles. The van der Waals surface area contributed by atoms with Gasteiger partial charge in [0.2, 0.25) is 0 Å². The molecule has 0 radical (unpaired) electrons. The summed E-state index contributed by atoms with van der Waals surface area (Å²) in [4.78, 5) is 5.28. The number of hydrogen-bond acceptors (Lipinski definition) is 1. The largest absolute Gasteiger partial charge is 0.288 e. The SMILES string of the molecule is C1=CC2C(C3=CC(C4C=CC(C5CC=CC6=C5C=CCC6)=NC4)=CCC3)=c3ccccc3=C(C3=c4cccc(C5CCCCC5)c4=CCC3)C2C=C1. The fourth-order valence-electron chi connectivity index (χ4n) is 11.0. The lowest BCUT2D eigenvalue weighted by atomic mass is 9.67. The van der Waals surface area contributed by atoms with Gasteiger partial charge >= 0.3 is 0 Å². The highest BCUT2D eigenvalue weighted by atomic mass is 14.8. The molecule has 1 fully saturated rings. The van der Waals surface area contributed by atoms with Crippen molar-refractivity contribution in [2.75, 3.05) is 6.54 Å². The third-order valence-electron chi connectivity index (χ3n) is 13.4. The molecule has 260 valence electrons. The van der Waals surface area contributed by atoms with Crippen LogP contribution in [0.3, 0.4) is 0 Å². The molecule has 1 nitrogen and oxygen atoms in total. The first-order chi connectivity index (χ1) is 25.8. The van der Waals surface area contributed by atoms with Crippen LogP contribution in [-0.4, -0.2) is 12.3 Å². The second-order valence-corrected chi connectivity index (χ2v) is 16.3. The molecule has 7 aliphatic carbocycles. The molecule has 0 aromatic heterocycles. The van der Waals surface area contributed by atoms with Gasteiger partial charge in [0.25, 0.3) is 0 Å². The number of rotatable bonds is 5. The maximum absolute atomic E-state index is 5.28. The number of hydrogen-bond donors (Lipinski definition) is 0. The Bertz CT molecular complexity index is 2350. The van der Waals surface area contributed by atoms with E-state index in [1.807, 2.05) is 0 Å². The zero-order valence-corrected chi connectivity index (χ0v) is 30.6. The van der Waals surface area contributed by atoms with Gasteiger partial charge in [-0.15, -0.1) is 0 Å². The summed E-state index contributed by atoms with van der Waals surface area (Å²) in [7, 11) is 0. The molecule has 0 N–H and O–H groups in total. The quantitative estimate of drug-likeness (QED) is 0.299. The zero-order valence-electron chi connectivity index (χ0n) is 30.6. The third-order valence-corrected chi connectivity index (χ3v) is 13.4. The van der Waals surface area contributed by atoms with Gasteiger partial charge in [0.15, 0.2) is 0 Å². The van der Waals surface area contributed by atoms with Crippen molar-refractivity contribution in [3.63, 3.8) is 0 Å². The smallest absolute Gasteiger partial charge is 0.0496 e. The molecule has 52 heavy (non-hydrogen) atoms. The average molecular weight is 678 g/mol. The minimum atomic E-state index is 0.344. The molecule has 2 aromatic carbocycles. The Hall–Kier alpha value is -4.49. The van der Waals surface area contributed by atoms with Crippen LogP contribution in [-0.2, 0) is 0 Å². The molecule has 0 bridgehead atoms. The van der Waals surface area contributed by atoms with Gasteiger partial charge in [0.05, 0.1) is 0 Å². The summed E-state index contributed by atoms with van der Waals surface area (Å²) in [6.07, 6.45) is 46.3. The number of allylic oxidation sites excluding steroid dienone is 14. The molecule has 4 unspecified atom stereocenters. The Morgan fingerprint density at radius 1 is 0.654 bits per heavy atom. The number of benzene rings is 2. The van der Waals surface area contributed by atoms with Crippen LogP contribution in [0.1, 0.15) is 88.5 Å². The van der Waals surface area contributed by atoms with E-state index in [0.717, 1.165) is 45.1 Å². The second-order valence-electron chi connectivity index (χ2n) is 16.3. The van der Waals surface area contributed by atoms with Crippen molar-refractivity contribution in [3.8, 4) is 0 Å². The lowest BCUT2D eigenvalue weighted by Crippen LogP contribution is -2.43. The molecule has 4 atom stereocenters. The van der Waals surface area contributed by atoms with Crippen molar-refractivity contribution in [1.29, 1.82) is 0 Å². The molecule has 1 heterocycles. The molecular weight excluding hydrogens is 627 g/mol. The molecule has 0 saturated heterocycles. The van der Waals surface area contributed by atoms with Crippen molar-refractivity contribution in [1.82, 2.24) is 0 Å². The van der Waals surface area contributed by atoms with Gasteiger partial charge in [-0.3, -0.25) is 4.99 Å². The van der Waals surface area contributed by atoms with Gasteiger partial charge in [-0.2, -0.15) is 0 Å². The maximum atomic E-state index is 5.28.